The highest BCUT2D eigenvalue weighted by Gasteiger charge is 2.42. The Morgan fingerprint density at radius 3 is 2.40 bits per heavy atom. The lowest BCUT2D eigenvalue weighted by atomic mass is 9.80. The van der Waals surface area contributed by atoms with Gasteiger partial charge < -0.3 is 27.0 Å². The van der Waals surface area contributed by atoms with Crippen molar-refractivity contribution in [3.63, 3.8) is 0 Å². The van der Waals surface area contributed by atoms with Crippen molar-refractivity contribution in [1.82, 2.24) is 34.5 Å². The predicted octanol–water partition coefficient (Wildman–Crippen LogP) is 0.327. The number of rotatable bonds is 8. The average Bonchev–Trinajstić information content (AvgIpc) is 3.31. The molecule has 0 atom stereocenters. The molecule has 0 unspecified atom stereocenters. The minimum atomic E-state index is -3.46. The SMILES string of the molecule is CCN(CC)S(=O)(=O)NCC1CCC(C(=O)N2CCC3(CC2)CN/C(=N\C(=O)c2nc(Cl)c(N)nc2N)N3)CC1. The third kappa shape index (κ3) is 6.75. The molecule has 3 fully saturated rings. The number of nitrogens with one attached hydrogen (secondary N) is 3. The van der Waals surface area contributed by atoms with Gasteiger partial charge in [-0.1, -0.05) is 25.4 Å². The zero-order chi connectivity index (χ0) is 29.1. The van der Waals surface area contributed by atoms with Gasteiger partial charge in [0.25, 0.3) is 10.2 Å². The Labute approximate surface area is 239 Å². The number of hydrogen-bond acceptors (Lipinski definition) is 8. The molecule has 1 aromatic heterocycles. The highest BCUT2D eigenvalue weighted by Crippen LogP contribution is 2.32. The second-order valence-electron chi connectivity index (χ2n) is 10.6. The van der Waals surface area contributed by atoms with E-state index in [1.807, 2.05) is 18.7 Å². The first-order valence-electron chi connectivity index (χ1n) is 13.7. The van der Waals surface area contributed by atoms with Crippen LogP contribution in [-0.4, -0.2) is 90.2 Å². The number of guanidine groups is 1. The van der Waals surface area contributed by atoms with Gasteiger partial charge in [-0.3, -0.25) is 9.59 Å². The number of anilines is 2. The van der Waals surface area contributed by atoms with Crippen LogP contribution in [-0.2, 0) is 15.0 Å². The third-order valence-electron chi connectivity index (χ3n) is 8.13. The summed E-state index contributed by atoms with van der Waals surface area (Å²) >= 11 is 5.87. The van der Waals surface area contributed by atoms with E-state index in [-0.39, 0.29) is 45.8 Å². The van der Waals surface area contributed by atoms with E-state index in [0.29, 0.717) is 58.1 Å². The van der Waals surface area contributed by atoms with E-state index < -0.39 is 16.1 Å². The van der Waals surface area contributed by atoms with Gasteiger partial charge in [0.1, 0.15) is 0 Å². The van der Waals surface area contributed by atoms with Crippen molar-refractivity contribution in [3.8, 4) is 0 Å². The summed E-state index contributed by atoms with van der Waals surface area (Å²) in [6, 6.07) is 0. The maximum absolute atomic E-state index is 13.3. The second-order valence-corrected chi connectivity index (χ2v) is 12.8. The van der Waals surface area contributed by atoms with E-state index in [0.717, 1.165) is 25.7 Å². The molecule has 1 saturated carbocycles. The van der Waals surface area contributed by atoms with Gasteiger partial charge >= 0.3 is 5.91 Å². The summed E-state index contributed by atoms with van der Waals surface area (Å²) in [6.07, 6.45) is 4.58. The third-order valence-corrected chi connectivity index (χ3v) is 10.1. The number of aromatic nitrogens is 2. The number of nitrogens with two attached hydrogens (primary N) is 2. The van der Waals surface area contributed by atoms with Crippen LogP contribution in [0.1, 0.15) is 62.9 Å². The lowest BCUT2D eigenvalue weighted by Gasteiger charge is -2.40. The molecule has 2 aliphatic heterocycles. The summed E-state index contributed by atoms with van der Waals surface area (Å²) < 4.78 is 28.9. The van der Waals surface area contributed by atoms with Gasteiger partial charge in [0, 0.05) is 45.2 Å². The lowest BCUT2D eigenvalue weighted by Crippen LogP contribution is -2.54. The maximum atomic E-state index is 13.3. The number of aliphatic imine (C=N–C) groups is 1. The van der Waals surface area contributed by atoms with Crippen molar-refractivity contribution in [2.45, 2.75) is 57.9 Å². The Hall–Kier alpha value is -2.75. The fourth-order valence-electron chi connectivity index (χ4n) is 5.62. The van der Waals surface area contributed by atoms with Crippen LogP contribution in [0.15, 0.2) is 4.99 Å². The molecule has 3 aliphatic rings. The number of halogens is 1. The molecule has 0 bridgehead atoms. The summed E-state index contributed by atoms with van der Waals surface area (Å²) in [5.41, 5.74) is 10.8. The Kier molecular flexibility index (Phi) is 9.37. The Morgan fingerprint density at radius 2 is 1.77 bits per heavy atom. The minimum Gasteiger partial charge on any atom is -0.382 e. The van der Waals surface area contributed by atoms with Crippen molar-refractivity contribution in [3.05, 3.63) is 10.8 Å². The Balaban J connectivity index is 1.24. The maximum Gasteiger partial charge on any atom is 0.302 e. The molecule has 40 heavy (non-hydrogen) atoms. The summed E-state index contributed by atoms with van der Waals surface area (Å²) in [4.78, 5) is 39.6. The second kappa shape index (κ2) is 12.4. The molecular weight excluding hydrogens is 560 g/mol. The number of nitrogens with zero attached hydrogens (tertiary/aromatic N) is 5. The quantitative estimate of drug-likeness (QED) is 0.277. The molecule has 1 spiro atoms. The number of piperidine rings is 1. The molecule has 1 aliphatic carbocycles. The molecular formula is C24H39ClN10O4S. The van der Waals surface area contributed by atoms with E-state index >= 15 is 0 Å². The number of hydrogen-bond donors (Lipinski definition) is 5. The highest BCUT2D eigenvalue weighted by molar-refractivity contribution is 7.87. The number of amides is 2. The van der Waals surface area contributed by atoms with E-state index in [4.69, 9.17) is 23.1 Å². The first kappa shape index (κ1) is 30.2. The van der Waals surface area contributed by atoms with Crippen molar-refractivity contribution in [2.75, 3.05) is 50.7 Å². The van der Waals surface area contributed by atoms with Crippen LogP contribution in [0.4, 0.5) is 11.6 Å². The predicted molar refractivity (Wildman–Crippen MR) is 153 cm³/mol. The van der Waals surface area contributed by atoms with Crippen LogP contribution >= 0.6 is 11.6 Å². The molecule has 14 nitrogen and oxygen atoms in total. The van der Waals surface area contributed by atoms with E-state index in [2.05, 4.69) is 30.3 Å². The molecule has 222 valence electrons. The van der Waals surface area contributed by atoms with Crippen LogP contribution in [0, 0.1) is 11.8 Å². The lowest BCUT2D eigenvalue weighted by molar-refractivity contribution is -0.138. The van der Waals surface area contributed by atoms with E-state index in [1.165, 1.54) is 4.31 Å². The van der Waals surface area contributed by atoms with Crippen LogP contribution < -0.4 is 26.8 Å². The highest BCUT2D eigenvalue weighted by atomic mass is 35.5. The molecule has 1 aromatic rings. The van der Waals surface area contributed by atoms with Crippen molar-refractivity contribution < 1.29 is 18.0 Å². The number of carbonyl (C=O) groups is 2. The van der Waals surface area contributed by atoms with Gasteiger partial charge in [0.05, 0.1) is 5.54 Å². The fourth-order valence-corrected chi connectivity index (χ4v) is 7.06. The number of carbonyl (C=O) groups excluding carboxylic acids is 2. The molecule has 0 aromatic carbocycles. The molecule has 7 N–H and O–H groups in total. The van der Waals surface area contributed by atoms with Gasteiger partial charge in [-0.2, -0.15) is 17.7 Å². The van der Waals surface area contributed by atoms with Crippen LogP contribution in [0.3, 0.4) is 0 Å². The first-order valence-corrected chi connectivity index (χ1v) is 15.6. The molecule has 3 heterocycles. The summed E-state index contributed by atoms with van der Waals surface area (Å²) in [5, 5.41) is 6.32. The van der Waals surface area contributed by atoms with Crippen molar-refractivity contribution in [1.29, 1.82) is 0 Å². The standard InChI is InChI=1S/C24H39ClN10O4S/c1-3-35(4-2)40(38,39)29-13-15-5-7-16(8-6-15)22(37)34-11-9-24(10-12-34)14-28-23(33-24)32-21(36)17-19(26)31-20(27)18(25)30-17/h15-16,29H,3-14H2,1-2H3,(H4,26,27,31)(H2,28,32,33,36). The summed E-state index contributed by atoms with van der Waals surface area (Å²) in [7, 11) is -3.46. The summed E-state index contributed by atoms with van der Waals surface area (Å²) in [5.74, 6) is -0.220. The molecule has 0 radical (unpaired) electrons. The topological polar surface area (TPSA) is 201 Å². The Bertz CT molecular complexity index is 1240. The zero-order valence-corrected chi connectivity index (χ0v) is 24.5. The molecule has 4 rings (SSSR count). The van der Waals surface area contributed by atoms with Gasteiger partial charge in [0.2, 0.25) is 5.91 Å². The van der Waals surface area contributed by atoms with Gasteiger partial charge in [-0.25, -0.2) is 14.7 Å². The van der Waals surface area contributed by atoms with Gasteiger partial charge in [0.15, 0.2) is 28.4 Å². The largest absolute Gasteiger partial charge is 0.382 e. The number of nitrogen functional groups attached to an aromatic ring is 2. The van der Waals surface area contributed by atoms with Gasteiger partial charge in [-0.15, -0.1) is 0 Å². The van der Waals surface area contributed by atoms with Gasteiger partial charge in [-0.05, 0) is 44.4 Å². The van der Waals surface area contributed by atoms with Crippen molar-refractivity contribution in [2.24, 2.45) is 16.8 Å². The normalized spacial score (nSPS) is 23.8. The minimum absolute atomic E-state index is 0.0348. The summed E-state index contributed by atoms with van der Waals surface area (Å²) in [6.45, 7) is 6.69. The Morgan fingerprint density at radius 1 is 1.12 bits per heavy atom. The van der Waals surface area contributed by atoms with Crippen LogP contribution in [0.5, 0.6) is 0 Å². The molecule has 16 heteroatoms. The number of likely N-dealkylation sites (tertiary alicyclic amines) is 1. The zero-order valence-electron chi connectivity index (χ0n) is 22.9. The fraction of sp³-hybridized carbons (Fsp3) is 0.708. The van der Waals surface area contributed by atoms with Crippen LogP contribution in [0.2, 0.25) is 5.15 Å². The molecule has 2 saturated heterocycles. The molecule has 2 amide bonds. The van der Waals surface area contributed by atoms with E-state index in [9.17, 15) is 18.0 Å². The van der Waals surface area contributed by atoms with E-state index in [1.54, 1.807) is 0 Å². The van der Waals surface area contributed by atoms with Crippen molar-refractivity contribution >= 4 is 51.2 Å². The first-order chi connectivity index (χ1) is 19.0. The smallest absolute Gasteiger partial charge is 0.302 e. The van der Waals surface area contributed by atoms with Crippen LogP contribution in [0.25, 0.3) is 0 Å². The average molecular weight is 599 g/mol. The monoisotopic (exact) mass is 598 g/mol.